The van der Waals surface area contributed by atoms with E-state index in [-0.39, 0.29) is 44.6 Å². The van der Waals surface area contributed by atoms with Crippen LogP contribution in [0.2, 0.25) is 0 Å². The highest BCUT2D eigenvalue weighted by molar-refractivity contribution is 8.16. The highest BCUT2D eigenvalue weighted by Crippen LogP contribution is 2.32. The topological polar surface area (TPSA) is 139 Å². The first-order chi connectivity index (χ1) is 16.6. The second-order valence-corrected chi connectivity index (χ2v) is 10.0. The fourth-order valence-electron chi connectivity index (χ4n) is 3.10. The zero-order valence-electron chi connectivity index (χ0n) is 18.3. The Labute approximate surface area is 203 Å². The van der Waals surface area contributed by atoms with Gasteiger partial charge in [0.25, 0.3) is 5.91 Å². The van der Waals surface area contributed by atoms with Crippen LogP contribution in [-0.2, 0) is 14.6 Å². The monoisotopic (exact) mass is 516 g/mol. The molecule has 2 heterocycles. The van der Waals surface area contributed by atoms with E-state index in [0.29, 0.717) is 17.5 Å². The first kappa shape index (κ1) is 24.3. The van der Waals surface area contributed by atoms with E-state index in [1.807, 2.05) is 0 Å². The molecule has 0 atom stereocenters. The number of hydrogen-bond acceptors (Lipinski definition) is 9. The molecule has 4 rings (SSSR count). The molecule has 13 heteroatoms. The molecule has 0 fully saturated rings. The Kier molecular flexibility index (Phi) is 6.54. The maximum absolute atomic E-state index is 13.1. The summed E-state index contributed by atoms with van der Waals surface area (Å²) in [6.07, 6.45) is 1.35. The maximum Gasteiger partial charge on any atom is 0.343 e. The van der Waals surface area contributed by atoms with Crippen LogP contribution in [0.5, 0.6) is 11.5 Å². The third-order valence-corrected chi connectivity index (χ3v) is 7.34. The average Bonchev–Trinajstić information content (AvgIpc) is 3.27. The zero-order chi connectivity index (χ0) is 25.3. The van der Waals surface area contributed by atoms with Crippen molar-refractivity contribution < 1.29 is 31.9 Å². The summed E-state index contributed by atoms with van der Waals surface area (Å²) in [5.74, 6) is -2.33. The molecule has 1 N–H and O–H groups in total. The molecule has 0 bridgehead atoms. The lowest BCUT2D eigenvalue weighted by molar-refractivity contribution is -0.114. The van der Waals surface area contributed by atoms with E-state index in [4.69, 9.17) is 14.9 Å². The van der Waals surface area contributed by atoms with Gasteiger partial charge in [0.05, 0.1) is 35.9 Å². The van der Waals surface area contributed by atoms with Crippen LogP contribution in [0.4, 0.5) is 4.39 Å². The lowest BCUT2D eigenvalue weighted by atomic mass is 10.1. The lowest BCUT2D eigenvalue weighted by Gasteiger charge is -2.24. The number of amides is 1. The second-order valence-electron chi connectivity index (χ2n) is 7.12. The molecule has 2 aromatic rings. The van der Waals surface area contributed by atoms with Crippen molar-refractivity contribution in [3.05, 3.63) is 65.0 Å². The van der Waals surface area contributed by atoms with Crippen LogP contribution in [0.1, 0.15) is 22.8 Å². The van der Waals surface area contributed by atoms with E-state index in [9.17, 15) is 22.4 Å². The number of carbonyl (C=O) groups excluding carboxylic acids is 2. The number of carbonyl (C=O) groups is 2. The van der Waals surface area contributed by atoms with E-state index in [0.717, 1.165) is 17.0 Å². The Bertz CT molecular complexity index is 1450. The molecule has 2 aromatic carbocycles. The number of aliphatic imine (C=N–C) groups is 1. The van der Waals surface area contributed by atoms with Crippen LogP contribution in [0.3, 0.4) is 0 Å². The summed E-state index contributed by atoms with van der Waals surface area (Å²) in [4.78, 5) is 29.8. The van der Waals surface area contributed by atoms with Crippen molar-refractivity contribution in [1.82, 2.24) is 4.90 Å². The summed E-state index contributed by atoms with van der Waals surface area (Å²) in [5, 5.41) is 8.09. The number of sulfone groups is 1. The summed E-state index contributed by atoms with van der Waals surface area (Å²) < 4.78 is 52.3. The summed E-state index contributed by atoms with van der Waals surface area (Å²) in [6.45, 7) is 1.45. The SMILES string of the molecule is CCS(=O)(=O)C1=NSC2=NC(=O)/C(=C\c3ccc(OC(=O)c4ccc(F)cc4)c(OC)c3)C(=N)N21. The van der Waals surface area contributed by atoms with Crippen LogP contribution < -0.4 is 9.47 Å². The van der Waals surface area contributed by atoms with Crippen molar-refractivity contribution in [3.63, 3.8) is 0 Å². The number of methoxy groups -OCH3 is 1. The molecule has 0 aromatic heterocycles. The summed E-state index contributed by atoms with van der Waals surface area (Å²) in [5.41, 5.74) is 0.379. The van der Waals surface area contributed by atoms with Gasteiger partial charge in [-0.3, -0.25) is 10.2 Å². The van der Waals surface area contributed by atoms with Crippen LogP contribution in [-0.4, -0.2) is 54.2 Å². The van der Waals surface area contributed by atoms with Gasteiger partial charge in [-0.05, 0) is 48.0 Å². The number of rotatable bonds is 5. The lowest BCUT2D eigenvalue weighted by Crippen LogP contribution is -2.45. The van der Waals surface area contributed by atoms with Crippen molar-refractivity contribution in [1.29, 1.82) is 5.41 Å². The van der Waals surface area contributed by atoms with E-state index in [1.54, 1.807) is 0 Å². The number of esters is 1. The predicted octanol–water partition coefficient (Wildman–Crippen LogP) is 3.06. The van der Waals surface area contributed by atoms with E-state index in [1.165, 1.54) is 50.4 Å². The number of hydrogen-bond donors (Lipinski definition) is 1. The van der Waals surface area contributed by atoms with Crippen LogP contribution >= 0.6 is 11.9 Å². The Hall–Kier alpha value is -3.84. The molecule has 1 amide bonds. The highest BCUT2D eigenvalue weighted by atomic mass is 32.2. The Morgan fingerprint density at radius 1 is 1.20 bits per heavy atom. The third kappa shape index (κ3) is 4.72. The van der Waals surface area contributed by atoms with Crippen molar-refractivity contribution in [2.45, 2.75) is 6.92 Å². The second kappa shape index (κ2) is 9.43. The van der Waals surface area contributed by atoms with Gasteiger partial charge in [-0.15, -0.1) is 0 Å². The van der Waals surface area contributed by atoms with Gasteiger partial charge >= 0.3 is 5.97 Å². The minimum Gasteiger partial charge on any atom is -0.493 e. The minimum absolute atomic E-state index is 0.00944. The molecule has 10 nitrogen and oxygen atoms in total. The quantitative estimate of drug-likeness (QED) is 0.277. The predicted molar refractivity (Wildman–Crippen MR) is 129 cm³/mol. The standard InChI is InChI=1S/C22H17FN4O6S2/c1-3-35(30,31)22-26-34-21-25-19(28)15(18(24)27(21)22)10-12-4-9-16(17(11-12)32-2)33-20(29)13-5-7-14(23)8-6-13/h4-11,24H,3H2,1-2H3/b15-10-,24-18?. The van der Waals surface area contributed by atoms with Gasteiger partial charge in [0, 0.05) is 0 Å². The Balaban J connectivity index is 1.62. The van der Waals surface area contributed by atoms with Gasteiger partial charge in [0.2, 0.25) is 20.2 Å². The molecular weight excluding hydrogens is 499 g/mol. The largest absolute Gasteiger partial charge is 0.493 e. The Morgan fingerprint density at radius 2 is 1.91 bits per heavy atom. The van der Waals surface area contributed by atoms with Crippen molar-refractivity contribution >= 4 is 55.9 Å². The van der Waals surface area contributed by atoms with Gasteiger partial charge in [0.1, 0.15) is 11.7 Å². The molecule has 2 aliphatic heterocycles. The van der Waals surface area contributed by atoms with E-state index >= 15 is 0 Å². The van der Waals surface area contributed by atoms with Crippen LogP contribution in [0.15, 0.2) is 57.4 Å². The number of halogens is 1. The Morgan fingerprint density at radius 3 is 2.57 bits per heavy atom. The minimum atomic E-state index is -3.76. The molecule has 0 radical (unpaired) electrons. The van der Waals surface area contributed by atoms with Crippen molar-refractivity contribution in [2.75, 3.05) is 12.9 Å². The van der Waals surface area contributed by atoms with E-state index < -0.39 is 27.5 Å². The normalized spacial score (nSPS) is 16.7. The number of ether oxygens (including phenoxy) is 2. The molecule has 0 spiro atoms. The first-order valence-electron chi connectivity index (χ1n) is 10.0. The molecular formula is C22H17FN4O6S2. The van der Waals surface area contributed by atoms with Crippen molar-refractivity contribution in [2.24, 2.45) is 9.39 Å². The molecule has 0 unspecified atom stereocenters. The van der Waals surface area contributed by atoms with Gasteiger partial charge in [-0.25, -0.2) is 22.5 Å². The van der Waals surface area contributed by atoms with Crippen LogP contribution in [0, 0.1) is 11.2 Å². The van der Waals surface area contributed by atoms with Gasteiger partial charge in [-0.2, -0.15) is 9.39 Å². The molecule has 35 heavy (non-hydrogen) atoms. The summed E-state index contributed by atoms with van der Waals surface area (Å²) in [6, 6.07) is 9.24. The van der Waals surface area contributed by atoms with Crippen molar-refractivity contribution in [3.8, 4) is 11.5 Å². The smallest absolute Gasteiger partial charge is 0.343 e. The van der Waals surface area contributed by atoms with Gasteiger partial charge in [-0.1, -0.05) is 13.0 Å². The number of fused-ring (bicyclic) bond motifs is 1. The summed E-state index contributed by atoms with van der Waals surface area (Å²) in [7, 11) is -2.41. The molecule has 180 valence electrons. The molecule has 2 aliphatic rings. The van der Waals surface area contributed by atoms with Gasteiger partial charge < -0.3 is 9.47 Å². The first-order valence-corrected chi connectivity index (χ1v) is 12.4. The fraction of sp³-hybridized carbons (Fsp3) is 0.136. The van der Waals surface area contributed by atoms with Gasteiger partial charge in [0.15, 0.2) is 11.5 Å². The molecule has 0 aliphatic carbocycles. The number of nitrogens with one attached hydrogen (secondary N) is 1. The third-order valence-electron chi connectivity index (χ3n) is 4.93. The molecule has 0 saturated carbocycles. The number of benzene rings is 2. The maximum atomic E-state index is 13.1. The number of nitrogens with zero attached hydrogens (tertiary/aromatic N) is 3. The highest BCUT2D eigenvalue weighted by Gasteiger charge is 2.42. The van der Waals surface area contributed by atoms with Crippen LogP contribution in [0.25, 0.3) is 6.08 Å². The zero-order valence-corrected chi connectivity index (χ0v) is 19.9. The fourth-order valence-corrected chi connectivity index (χ4v) is 5.06. The average molecular weight is 517 g/mol. The summed E-state index contributed by atoms with van der Waals surface area (Å²) >= 11 is 0.712. The molecule has 0 saturated heterocycles. The number of amidine groups is 3. The van der Waals surface area contributed by atoms with E-state index in [2.05, 4.69) is 9.39 Å².